The van der Waals surface area contributed by atoms with Crippen LogP contribution in [0.5, 0.6) is 0 Å². The standard InChI is InChI=1S/C11H20N2O/c12-11(14)10-7-9(5-6-13-10)8-3-1-2-4-8/h8-10,13H,1-7H2,(H2,12,14). The van der Waals surface area contributed by atoms with Gasteiger partial charge in [-0.2, -0.15) is 0 Å². The second-order valence-corrected chi connectivity index (χ2v) is 4.74. The predicted molar refractivity (Wildman–Crippen MR) is 55.7 cm³/mol. The van der Waals surface area contributed by atoms with Crippen molar-refractivity contribution < 1.29 is 4.79 Å². The minimum atomic E-state index is -0.173. The molecule has 3 nitrogen and oxygen atoms in total. The van der Waals surface area contributed by atoms with Crippen LogP contribution in [0.3, 0.4) is 0 Å². The predicted octanol–water partition coefficient (Wildman–Crippen LogP) is 1.03. The van der Waals surface area contributed by atoms with Crippen molar-refractivity contribution in [2.24, 2.45) is 17.6 Å². The highest BCUT2D eigenvalue weighted by atomic mass is 16.1. The van der Waals surface area contributed by atoms with Crippen molar-refractivity contribution in [3.8, 4) is 0 Å². The molecule has 3 heteroatoms. The molecule has 0 aromatic carbocycles. The fourth-order valence-electron chi connectivity index (χ4n) is 3.02. The SMILES string of the molecule is NC(=O)C1CC(C2CCCC2)CCN1. The minimum absolute atomic E-state index is 0.0608. The largest absolute Gasteiger partial charge is 0.368 e. The molecule has 80 valence electrons. The highest BCUT2D eigenvalue weighted by Crippen LogP contribution is 2.36. The monoisotopic (exact) mass is 196 g/mol. The Hall–Kier alpha value is -0.570. The fraction of sp³-hybridized carbons (Fsp3) is 0.909. The van der Waals surface area contributed by atoms with Crippen LogP contribution < -0.4 is 11.1 Å². The highest BCUT2D eigenvalue weighted by Gasteiger charge is 2.31. The first-order chi connectivity index (χ1) is 6.77. The number of nitrogens with one attached hydrogen (secondary N) is 1. The van der Waals surface area contributed by atoms with Crippen molar-refractivity contribution in [1.82, 2.24) is 5.32 Å². The summed E-state index contributed by atoms with van der Waals surface area (Å²) in [7, 11) is 0. The highest BCUT2D eigenvalue weighted by molar-refractivity contribution is 5.79. The van der Waals surface area contributed by atoms with Crippen LogP contribution >= 0.6 is 0 Å². The lowest BCUT2D eigenvalue weighted by Gasteiger charge is -2.32. The van der Waals surface area contributed by atoms with Gasteiger partial charge in [-0.3, -0.25) is 4.79 Å². The summed E-state index contributed by atoms with van der Waals surface area (Å²) in [6, 6.07) is -0.0608. The third-order valence-corrected chi connectivity index (χ3v) is 3.85. The van der Waals surface area contributed by atoms with Gasteiger partial charge in [0.1, 0.15) is 0 Å². The van der Waals surface area contributed by atoms with E-state index in [0.717, 1.165) is 24.8 Å². The molecule has 2 unspecified atom stereocenters. The molecule has 2 rings (SSSR count). The van der Waals surface area contributed by atoms with Crippen molar-refractivity contribution in [2.75, 3.05) is 6.54 Å². The summed E-state index contributed by atoms with van der Waals surface area (Å²) < 4.78 is 0. The Kier molecular flexibility index (Phi) is 3.06. The van der Waals surface area contributed by atoms with Crippen LogP contribution in [0.4, 0.5) is 0 Å². The molecule has 1 saturated carbocycles. The average molecular weight is 196 g/mol. The molecule has 14 heavy (non-hydrogen) atoms. The van der Waals surface area contributed by atoms with E-state index in [9.17, 15) is 4.79 Å². The van der Waals surface area contributed by atoms with Crippen LogP contribution in [0.1, 0.15) is 38.5 Å². The van der Waals surface area contributed by atoms with E-state index in [1.807, 2.05) is 0 Å². The lowest BCUT2D eigenvalue weighted by atomic mass is 9.81. The molecular formula is C11H20N2O. The van der Waals surface area contributed by atoms with Gasteiger partial charge < -0.3 is 11.1 Å². The van der Waals surface area contributed by atoms with Gasteiger partial charge in [-0.1, -0.05) is 25.7 Å². The molecule has 2 atom stereocenters. The molecule has 1 heterocycles. The third-order valence-electron chi connectivity index (χ3n) is 3.85. The Morgan fingerprint density at radius 3 is 2.50 bits per heavy atom. The molecular weight excluding hydrogens is 176 g/mol. The van der Waals surface area contributed by atoms with Crippen LogP contribution in [-0.2, 0) is 4.79 Å². The number of piperidine rings is 1. The van der Waals surface area contributed by atoms with Gasteiger partial charge in [0.15, 0.2) is 0 Å². The third kappa shape index (κ3) is 2.08. The summed E-state index contributed by atoms with van der Waals surface area (Å²) in [6.45, 7) is 0.967. The maximum atomic E-state index is 11.1. The molecule has 0 spiro atoms. The summed E-state index contributed by atoms with van der Waals surface area (Å²) >= 11 is 0. The molecule has 1 aliphatic heterocycles. The van der Waals surface area contributed by atoms with Gasteiger partial charge in [-0.25, -0.2) is 0 Å². The van der Waals surface area contributed by atoms with Gasteiger partial charge in [0.2, 0.25) is 5.91 Å². The summed E-state index contributed by atoms with van der Waals surface area (Å²) in [5, 5.41) is 3.20. The molecule has 1 aliphatic carbocycles. The van der Waals surface area contributed by atoms with Crippen LogP contribution in [0.25, 0.3) is 0 Å². The summed E-state index contributed by atoms with van der Waals surface area (Å²) in [4.78, 5) is 11.1. The second kappa shape index (κ2) is 4.30. The van der Waals surface area contributed by atoms with E-state index in [0.29, 0.717) is 0 Å². The van der Waals surface area contributed by atoms with Gasteiger partial charge in [0, 0.05) is 0 Å². The van der Waals surface area contributed by atoms with E-state index in [-0.39, 0.29) is 11.9 Å². The second-order valence-electron chi connectivity index (χ2n) is 4.74. The Morgan fingerprint density at radius 1 is 1.14 bits per heavy atom. The molecule has 2 aliphatic rings. The number of primary amides is 1. The zero-order valence-electron chi connectivity index (χ0n) is 8.67. The van der Waals surface area contributed by atoms with E-state index in [4.69, 9.17) is 5.73 Å². The van der Waals surface area contributed by atoms with Crippen LogP contribution in [0.2, 0.25) is 0 Å². The molecule has 0 radical (unpaired) electrons. The normalized spacial score (nSPS) is 34.6. The van der Waals surface area contributed by atoms with Gasteiger partial charge in [-0.05, 0) is 31.2 Å². The van der Waals surface area contributed by atoms with Crippen molar-refractivity contribution in [3.05, 3.63) is 0 Å². The maximum absolute atomic E-state index is 11.1. The lowest BCUT2D eigenvalue weighted by molar-refractivity contribution is -0.121. The van der Waals surface area contributed by atoms with E-state index in [2.05, 4.69) is 5.32 Å². The number of rotatable bonds is 2. The minimum Gasteiger partial charge on any atom is -0.368 e. The number of hydrogen-bond donors (Lipinski definition) is 2. The number of carbonyl (C=O) groups is 1. The van der Waals surface area contributed by atoms with Gasteiger partial charge >= 0.3 is 0 Å². The average Bonchev–Trinajstić information content (AvgIpc) is 2.71. The lowest BCUT2D eigenvalue weighted by Crippen LogP contribution is -2.47. The van der Waals surface area contributed by atoms with Crippen molar-refractivity contribution >= 4 is 5.91 Å². The van der Waals surface area contributed by atoms with Crippen LogP contribution in [0.15, 0.2) is 0 Å². The van der Waals surface area contributed by atoms with Crippen molar-refractivity contribution in [3.63, 3.8) is 0 Å². The molecule has 2 fully saturated rings. The summed E-state index contributed by atoms with van der Waals surface area (Å²) in [6.07, 6.45) is 7.71. The van der Waals surface area contributed by atoms with Gasteiger partial charge in [-0.15, -0.1) is 0 Å². The smallest absolute Gasteiger partial charge is 0.234 e. The number of carbonyl (C=O) groups excluding carboxylic acids is 1. The summed E-state index contributed by atoms with van der Waals surface area (Å²) in [5.74, 6) is 1.45. The first-order valence-corrected chi connectivity index (χ1v) is 5.80. The fourth-order valence-corrected chi connectivity index (χ4v) is 3.02. The van der Waals surface area contributed by atoms with Gasteiger partial charge in [0.25, 0.3) is 0 Å². The van der Waals surface area contributed by atoms with E-state index < -0.39 is 0 Å². The number of hydrogen-bond acceptors (Lipinski definition) is 2. The topological polar surface area (TPSA) is 55.1 Å². The zero-order chi connectivity index (χ0) is 9.97. The maximum Gasteiger partial charge on any atom is 0.234 e. The molecule has 1 amide bonds. The summed E-state index contributed by atoms with van der Waals surface area (Å²) in [5.41, 5.74) is 5.33. The quantitative estimate of drug-likeness (QED) is 0.693. The van der Waals surface area contributed by atoms with Crippen molar-refractivity contribution in [1.29, 1.82) is 0 Å². The first-order valence-electron chi connectivity index (χ1n) is 5.80. The number of nitrogens with two attached hydrogens (primary N) is 1. The zero-order valence-corrected chi connectivity index (χ0v) is 8.67. The first kappa shape index (κ1) is 9.97. The molecule has 0 bridgehead atoms. The Morgan fingerprint density at radius 2 is 1.86 bits per heavy atom. The van der Waals surface area contributed by atoms with Crippen LogP contribution in [-0.4, -0.2) is 18.5 Å². The van der Waals surface area contributed by atoms with Crippen molar-refractivity contribution in [2.45, 2.75) is 44.6 Å². The van der Waals surface area contributed by atoms with Gasteiger partial charge in [0.05, 0.1) is 6.04 Å². The van der Waals surface area contributed by atoms with E-state index in [1.165, 1.54) is 32.1 Å². The Balaban J connectivity index is 1.89. The molecule has 0 aromatic heterocycles. The molecule has 3 N–H and O–H groups in total. The van der Waals surface area contributed by atoms with E-state index in [1.54, 1.807) is 0 Å². The Labute approximate surface area is 85.4 Å². The van der Waals surface area contributed by atoms with E-state index >= 15 is 0 Å². The number of amides is 1. The van der Waals surface area contributed by atoms with Crippen LogP contribution in [0, 0.1) is 11.8 Å². The molecule has 0 aromatic rings. The Bertz CT molecular complexity index is 211. The molecule has 1 saturated heterocycles.